The monoisotopic (exact) mass is 482 g/mol. The van der Waals surface area contributed by atoms with E-state index in [0.717, 1.165) is 19.4 Å². The second-order valence-corrected chi connectivity index (χ2v) is 8.44. The molecule has 1 aromatic heterocycles. The summed E-state index contributed by atoms with van der Waals surface area (Å²) in [6, 6.07) is 11.0. The summed E-state index contributed by atoms with van der Waals surface area (Å²) in [5, 5.41) is 9.15. The molecule has 2 amide bonds. The third-order valence-electron chi connectivity index (χ3n) is 5.52. The topological polar surface area (TPSA) is 122 Å². The van der Waals surface area contributed by atoms with Gasteiger partial charge in [-0.15, -0.1) is 0 Å². The Balaban J connectivity index is 1.48. The number of aromatic nitrogens is 2. The van der Waals surface area contributed by atoms with Crippen molar-refractivity contribution in [2.24, 2.45) is 0 Å². The summed E-state index contributed by atoms with van der Waals surface area (Å²) in [6.07, 6.45) is 3.31. The van der Waals surface area contributed by atoms with Crippen LogP contribution in [0.2, 0.25) is 5.02 Å². The highest BCUT2D eigenvalue weighted by atomic mass is 35.5. The summed E-state index contributed by atoms with van der Waals surface area (Å²) in [6.45, 7) is 1.63. The van der Waals surface area contributed by atoms with E-state index in [1.165, 1.54) is 18.3 Å². The number of nitrogens with one attached hydrogen (secondary N) is 3. The number of hydrogen-bond donors (Lipinski definition) is 4. The molecule has 0 bridgehead atoms. The molecule has 4 rings (SSSR count). The Morgan fingerprint density at radius 2 is 2.06 bits per heavy atom. The molecule has 8 nitrogen and oxygen atoms in total. The van der Waals surface area contributed by atoms with Gasteiger partial charge in [0.1, 0.15) is 5.82 Å². The van der Waals surface area contributed by atoms with Crippen LogP contribution in [0.3, 0.4) is 0 Å². The molecular weight excluding hydrogens is 459 g/mol. The zero-order chi connectivity index (χ0) is 24.1. The van der Waals surface area contributed by atoms with Crippen LogP contribution in [0.25, 0.3) is 11.3 Å². The number of benzene rings is 2. The molecule has 1 aliphatic heterocycles. The predicted octanol–water partition coefficient (Wildman–Crippen LogP) is 2.93. The van der Waals surface area contributed by atoms with Crippen LogP contribution in [-0.4, -0.2) is 40.9 Å². The Morgan fingerprint density at radius 1 is 1.21 bits per heavy atom. The second kappa shape index (κ2) is 10.6. The van der Waals surface area contributed by atoms with Crippen LogP contribution in [0.1, 0.15) is 39.3 Å². The minimum Gasteiger partial charge on any atom is -0.382 e. The highest BCUT2D eigenvalue weighted by Gasteiger charge is 2.20. The first-order valence-corrected chi connectivity index (χ1v) is 11.2. The lowest BCUT2D eigenvalue weighted by atomic mass is 10.1. The van der Waals surface area contributed by atoms with Crippen LogP contribution in [0.4, 0.5) is 10.2 Å². The molecule has 3 aromatic rings. The number of piperidine rings is 1. The average Bonchev–Trinajstić information content (AvgIpc) is 2.84. The summed E-state index contributed by atoms with van der Waals surface area (Å²) in [5.41, 5.74) is 7.62. The number of nitrogens with two attached hydrogens (primary N) is 1. The van der Waals surface area contributed by atoms with Gasteiger partial charge >= 0.3 is 0 Å². The largest absolute Gasteiger partial charge is 0.382 e. The van der Waals surface area contributed by atoms with Gasteiger partial charge in [0.05, 0.1) is 11.9 Å². The molecule has 0 radical (unpaired) electrons. The van der Waals surface area contributed by atoms with E-state index >= 15 is 0 Å². The van der Waals surface area contributed by atoms with Crippen LogP contribution >= 0.6 is 11.6 Å². The van der Waals surface area contributed by atoms with E-state index in [4.69, 9.17) is 17.3 Å². The second-order valence-electron chi connectivity index (χ2n) is 8.01. The first-order valence-electron chi connectivity index (χ1n) is 10.9. The van der Waals surface area contributed by atoms with Gasteiger partial charge < -0.3 is 21.7 Å². The lowest BCUT2D eigenvalue weighted by Gasteiger charge is -2.23. The van der Waals surface area contributed by atoms with Gasteiger partial charge in [-0.2, -0.15) is 0 Å². The van der Waals surface area contributed by atoms with E-state index in [1.807, 2.05) is 0 Å². The molecule has 1 unspecified atom stereocenters. The lowest BCUT2D eigenvalue weighted by Crippen LogP contribution is -2.46. The number of carbonyl (C=O) groups is 2. The minimum absolute atomic E-state index is 0.00334. The van der Waals surface area contributed by atoms with Crippen LogP contribution in [0.15, 0.2) is 48.7 Å². The number of nitrogen functional groups attached to an aromatic ring is 1. The Kier molecular flexibility index (Phi) is 7.34. The molecular formula is C24H24ClFN6O2. The summed E-state index contributed by atoms with van der Waals surface area (Å²) in [5.74, 6) is -1.24. The molecule has 10 heteroatoms. The zero-order valence-corrected chi connectivity index (χ0v) is 19.0. The van der Waals surface area contributed by atoms with E-state index in [2.05, 4.69) is 25.9 Å². The van der Waals surface area contributed by atoms with Crippen molar-refractivity contribution >= 4 is 29.2 Å². The zero-order valence-electron chi connectivity index (χ0n) is 18.3. The summed E-state index contributed by atoms with van der Waals surface area (Å²) in [7, 11) is 0. The van der Waals surface area contributed by atoms with Gasteiger partial charge in [-0.1, -0.05) is 29.8 Å². The first-order chi connectivity index (χ1) is 16.4. The molecule has 0 aliphatic carbocycles. The normalized spacial score (nSPS) is 15.5. The molecule has 0 saturated carbocycles. The van der Waals surface area contributed by atoms with Crippen molar-refractivity contribution in [1.82, 2.24) is 25.9 Å². The van der Waals surface area contributed by atoms with Crippen molar-refractivity contribution in [3.05, 3.63) is 76.3 Å². The van der Waals surface area contributed by atoms with Gasteiger partial charge in [0.25, 0.3) is 11.8 Å². The number of amides is 2. The molecule has 176 valence electrons. The van der Waals surface area contributed by atoms with Gasteiger partial charge in [0, 0.05) is 40.8 Å². The van der Waals surface area contributed by atoms with Crippen LogP contribution in [0, 0.1) is 5.82 Å². The standard InChI is InChI=1S/C24H24ClFN6O2/c25-17-7-6-16(19(26)10-17)11-30-23(33)15-4-1-3-14(9-15)20-13-29-22(27)21(32-20)24(34)31-18-5-2-8-28-12-18/h1,3-4,6-7,9-10,13,18,28H,2,5,8,11-12H2,(H2,27,29)(H,30,33)(H,31,34). The van der Waals surface area contributed by atoms with E-state index in [0.29, 0.717) is 28.9 Å². The molecule has 34 heavy (non-hydrogen) atoms. The predicted molar refractivity (Wildman–Crippen MR) is 128 cm³/mol. The van der Waals surface area contributed by atoms with Gasteiger partial charge in [0.15, 0.2) is 11.5 Å². The average molecular weight is 483 g/mol. The lowest BCUT2D eigenvalue weighted by molar-refractivity contribution is 0.0923. The van der Waals surface area contributed by atoms with Crippen molar-refractivity contribution < 1.29 is 14.0 Å². The fourth-order valence-electron chi connectivity index (χ4n) is 3.70. The summed E-state index contributed by atoms with van der Waals surface area (Å²) < 4.78 is 14.0. The van der Waals surface area contributed by atoms with E-state index in [1.54, 1.807) is 30.3 Å². The van der Waals surface area contributed by atoms with Crippen LogP contribution < -0.4 is 21.7 Å². The van der Waals surface area contributed by atoms with Crippen molar-refractivity contribution in [2.75, 3.05) is 18.8 Å². The SMILES string of the molecule is Nc1ncc(-c2cccc(C(=O)NCc3ccc(Cl)cc3F)c2)nc1C(=O)NC1CCCNC1. The summed E-state index contributed by atoms with van der Waals surface area (Å²) >= 11 is 5.77. The fourth-order valence-corrected chi connectivity index (χ4v) is 3.85. The van der Waals surface area contributed by atoms with Gasteiger partial charge in [-0.05, 0) is 43.7 Å². The van der Waals surface area contributed by atoms with E-state index in [9.17, 15) is 14.0 Å². The van der Waals surface area contributed by atoms with Crippen molar-refractivity contribution in [2.45, 2.75) is 25.4 Å². The van der Waals surface area contributed by atoms with Gasteiger partial charge in [-0.3, -0.25) is 9.59 Å². The number of hydrogen-bond acceptors (Lipinski definition) is 6. The molecule has 2 heterocycles. The smallest absolute Gasteiger partial charge is 0.274 e. The summed E-state index contributed by atoms with van der Waals surface area (Å²) in [4.78, 5) is 33.9. The molecule has 5 N–H and O–H groups in total. The van der Waals surface area contributed by atoms with E-state index < -0.39 is 5.82 Å². The number of carbonyl (C=O) groups excluding carboxylic acids is 2. The van der Waals surface area contributed by atoms with Crippen LogP contribution in [0.5, 0.6) is 0 Å². The number of anilines is 1. The molecule has 1 atom stereocenters. The quantitative estimate of drug-likeness (QED) is 0.428. The fraction of sp³-hybridized carbons (Fsp3) is 0.250. The van der Waals surface area contributed by atoms with Gasteiger partial charge in [0.2, 0.25) is 0 Å². The Morgan fingerprint density at radius 3 is 2.82 bits per heavy atom. The molecule has 1 fully saturated rings. The highest BCUT2D eigenvalue weighted by molar-refractivity contribution is 6.30. The van der Waals surface area contributed by atoms with Crippen LogP contribution in [-0.2, 0) is 6.54 Å². The van der Waals surface area contributed by atoms with Crippen molar-refractivity contribution in [3.63, 3.8) is 0 Å². The maximum absolute atomic E-state index is 14.0. The molecule has 2 aromatic carbocycles. The molecule has 1 saturated heterocycles. The maximum Gasteiger partial charge on any atom is 0.274 e. The van der Waals surface area contributed by atoms with Crippen molar-refractivity contribution in [3.8, 4) is 11.3 Å². The maximum atomic E-state index is 14.0. The minimum atomic E-state index is -0.492. The number of rotatable bonds is 6. The molecule has 0 spiro atoms. The Labute approximate surface area is 201 Å². The Bertz CT molecular complexity index is 1220. The third-order valence-corrected chi connectivity index (χ3v) is 5.76. The molecule has 1 aliphatic rings. The number of halogens is 2. The number of nitrogens with zero attached hydrogens (tertiary/aromatic N) is 2. The Hall–Kier alpha value is -3.56. The first kappa shape index (κ1) is 23.6. The van der Waals surface area contributed by atoms with Gasteiger partial charge in [-0.25, -0.2) is 14.4 Å². The van der Waals surface area contributed by atoms with Crippen molar-refractivity contribution in [1.29, 1.82) is 0 Å². The third kappa shape index (κ3) is 5.67. The van der Waals surface area contributed by atoms with E-state index in [-0.39, 0.29) is 40.9 Å². The highest BCUT2D eigenvalue weighted by Crippen LogP contribution is 2.21.